The number of anilines is 1. The summed E-state index contributed by atoms with van der Waals surface area (Å²) in [5, 5.41) is 4.42. The van der Waals surface area contributed by atoms with E-state index in [1.807, 2.05) is 18.2 Å². The van der Waals surface area contributed by atoms with E-state index >= 15 is 0 Å². The molecule has 0 saturated carbocycles. The summed E-state index contributed by atoms with van der Waals surface area (Å²) in [7, 11) is 0. The molecule has 19 heavy (non-hydrogen) atoms. The van der Waals surface area contributed by atoms with Gasteiger partial charge >= 0.3 is 5.69 Å². The van der Waals surface area contributed by atoms with Crippen LogP contribution in [-0.4, -0.2) is 14.3 Å². The molecule has 100 valence electrons. The minimum atomic E-state index is -0.0372. The molecule has 6 heteroatoms. The zero-order chi connectivity index (χ0) is 13.4. The lowest BCUT2D eigenvalue weighted by molar-refractivity contribution is 0.511. The normalized spacial score (nSPS) is 14.4. The second-order valence-electron chi connectivity index (χ2n) is 4.77. The van der Waals surface area contributed by atoms with Gasteiger partial charge in [-0.25, -0.2) is 9.48 Å². The first-order valence-corrected chi connectivity index (χ1v) is 7.15. The SMILES string of the molecule is Nc1cccc(Br)c1Cn1nc2n(c1=O)CCCC2. The van der Waals surface area contributed by atoms with Gasteiger partial charge in [-0.2, -0.15) is 5.10 Å². The largest absolute Gasteiger partial charge is 0.398 e. The molecular weight excluding hydrogens is 308 g/mol. The van der Waals surface area contributed by atoms with Crippen LogP contribution in [0.2, 0.25) is 0 Å². The van der Waals surface area contributed by atoms with Crippen molar-refractivity contribution in [1.82, 2.24) is 14.3 Å². The highest BCUT2D eigenvalue weighted by molar-refractivity contribution is 9.10. The Morgan fingerprint density at radius 2 is 2.21 bits per heavy atom. The average molecular weight is 323 g/mol. The van der Waals surface area contributed by atoms with Crippen molar-refractivity contribution in [2.45, 2.75) is 32.4 Å². The summed E-state index contributed by atoms with van der Waals surface area (Å²) in [6.07, 6.45) is 3.04. The van der Waals surface area contributed by atoms with Gasteiger partial charge in [-0.3, -0.25) is 4.57 Å². The third kappa shape index (κ3) is 2.20. The van der Waals surface area contributed by atoms with Gasteiger partial charge in [0.1, 0.15) is 5.82 Å². The van der Waals surface area contributed by atoms with E-state index in [4.69, 9.17) is 5.73 Å². The summed E-state index contributed by atoms with van der Waals surface area (Å²) in [5.41, 5.74) is 7.50. The fourth-order valence-electron chi connectivity index (χ4n) is 2.44. The summed E-state index contributed by atoms with van der Waals surface area (Å²) < 4.78 is 4.19. The van der Waals surface area contributed by atoms with Crippen molar-refractivity contribution >= 4 is 21.6 Å². The Hall–Kier alpha value is -1.56. The number of nitrogen functional groups attached to an aromatic ring is 1. The molecule has 1 aromatic heterocycles. The second kappa shape index (κ2) is 4.85. The molecule has 2 N–H and O–H groups in total. The fourth-order valence-corrected chi connectivity index (χ4v) is 2.95. The molecule has 0 fully saturated rings. The van der Waals surface area contributed by atoms with Crippen LogP contribution in [-0.2, 0) is 19.5 Å². The lowest BCUT2D eigenvalue weighted by atomic mass is 10.2. The van der Waals surface area contributed by atoms with Gasteiger partial charge in [-0.15, -0.1) is 0 Å². The van der Waals surface area contributed by atoms with Gasteiger partial charge in [0.2, 0.25) is 0 Å². The number of fused-ring (bicyclic) bond motifs is 1. The van der Waals surface area contributed by atoms with Crippen LogP contribution in [0.5, 0.6) is 0 Å². The van der Waals surface area contributed by atoms with Gasteiger partial charge in [-0.1, -0.05) is 22.0 Å². The van der Waals surface area contributed by atoms with Gasteiger partial charge < -0.3 is 5.73 Å². The van der Waals surface area contributed by atoms with Crippen molar-refractivity contribution in [2.24, 2.45) is 0 Å². The molecule has 0 spiro atoms. The van der Waals surface area contributed by atoms with Crippen molar-refractivity contribution in [2.75, 3.05) is 5.73 Å². The topological polar surface area (TPSA) is 65.8 Å². The van der Waals surface area contributed by atoms with Crippen molar-refractivity contribution in [3.05, 3.63) is 44.5 Å². The summed E-state index contributed by atoms with van der Waals surface area (Å²) in [6, 6.07) is 5.64. The molecule has 0 radical (unpaired) electrons. The Morgan fingerprint density at radius 1 is 1.37 bits per heavy atom. The molecule has 1 aliphatic rings. The van der Waals surface area contributed by atoms with E-state index in [0.29, 0.717) is 12.2 Å². The number of nitrogens with zero attached hydrogens (tertiary/aromatic N) is 3. The van der Waals surface area contributed by atoms with E-state index in [2.05, 4.69) is 21.0 Å². The molecule has 1 aromatic carbocycles. The van der Waals surface area contributed by atoms with Crippen molar-refractivity contribution < 1.29 is 0 Å². The van der Waals surface area contributed by atoms with Gasteiger partial charge in [0, 0.05) is 28.7 Å². The first-order chi connectivity index (χ1) is 9.16. The van der Waals surface area contributed by atoms with E-state index in [9.17, 15) is 4.79 Å². The smallest absolute Gasteiger partial charge is 0.346 e. The van der Waals surface area contributed by atoms with E-state index in [1.54, 1.807) is 4.57 Å². The molecule has 0 bridgehead atoms. The Bertz CT molecular complexity index is 654. The van der Waals surface area contributed by atoms with Crippen LogP contribution in [0, 0.1) is 0 Å². The van der Waals surface area contributed by atoms with Gasteiger partial charge in [0.25, 0.3) is 0 Å². The summed E-state index contributed by atoms with van der Waals surface area (Å²) >= 11 is 3.47. The maximum atomic E-state index is 12.2. The van der Waals surface area contributed by atoms with Crippen molar-refractivity contribution in [1.29, 1.82) is 0 Å². The molecular formula is C13H15BrN4O. The molecule has 0 unspecified atom stereocenters. The van der Waals surface area contributed by atoms with Crippen LogP contribution < -0.4 is 11.4 Å². The minimum Gasteiger partial charge on any atom is -0.398 e. The Balaban J connectivity index is 2.00. The third-order valence-corrected chi connectivity index (χ3v) is 4.24. The third-order valence-electron chi connectivity index (χ3n) is 3.49. The molecule has 0 atom stereocenters. The Morgan fingerprint density at radius 3 is 2.95 bits per heavy atom. The highest BCUT2D eigenvalue weighted by atomic mass is 79.9. The number of aryl methyl sites for hydroxylation is 1. The highest BCUT2D eigenvalue weighted by Gasteiger charge is 2.17. The maximum Gasteiger partial charge on any atom is 0.346 e. The monoisotopic (exact) mass is 322 g/mol. The van der Waals surface area contributed by atoms with Crippen molar-refractivity contribution in [3.63, 3.8) is 0 Å². The number of hydrogen-bond donors (Lipinski definition) is 1. The van der Waals surface area contributed by atoms with E-state index in [1.165, 1.54) is 4.68 Å². The molecule has 5 nitrogen and oxygen atoms in total. The van der Waals surface area contributed by atoms with Crippen LogP contribution in [0.1, 0.15) is 24.2 Å². The van der Waals surface area contributed by atoms with Gasteiger partial charge in [0.05, 0.1) is 6.54 Å². The lowest BCUT2D eigenvalue weighted by Crippen LogP contribution is -2.27. The first-order valence-electron chi connectivity index (χ1n) is 6.36. The molecule has 0 aliphatic carbocycles. The minimum absolute atomic E-state index is 0.0372. The maximum absolute atomic E-state index is 12.2. The van der Waals surface area contributed by atoms with E-state index in [-0.39, 0.29) is 5.69 Å². The Kier molecular flexibility index (Phi) is 3.18. The summed E-state index contributed by atoms with van der Waals surface area (Å²) in [6.45, 7) is 1.19. The van der Waals surface area contributed by atoms with E-state index in [0.717, 1.165) is 41.7 Å². The Labute approximate surface area is 119 Å². The number of benzene rings is 1. The molecule has 3 rings (SSSR count). The number of rotatable bonds is 2. The summed E-state index contributed by atoms with van der Waals surface area (Å²) in [4.78, 5) is 12.2. The molecule has 2 aromatic rings. The second-order valence-corrected chi connectivity index (χ2v) is 5.63. The number of aromatic nitrogens is 3. The predicted molar refractivity (Wildman–Crippen MR) is 77.1 cm³/mol. The van der Waals surface area contributed by atoms with Crippen LogP contribution in [0.3, 0.4) is 0 Å². The van der Waals surface area contributed by atoms with Gasteiger partial charge in [-0.05, 0) is 25.0 Å². The van der Waals surface area contributed by atoms with E-state index < -0.39 is 0 Å². The number of hydrogen-bond acceptors (Lipinski definition) is 3. The molecule has 0 amide bonds. The molecule has 0 saturated heterocycles. The zero-order valence-corrected chi connectivity index (χ0v) is 12.1. The predicted octanol–water partition coefficient (Wildman–Crippen LogP) is 1.77. The van der Waals surface area contributed by atoms with Gasteiger partial charge in [0.15, 0.2) is 0 Å². The van der Waals surface area contributed by atoms with Crippen LogP contribution in [0.15, 0.2) is 27.5 Å². The quantitative estimate of drug-likeness (QED) is 0.857. The summed E-state index contributed by atoms with van der Waals surface area (Å²) in [5.74, 6) is 0.891. The zero-order valence-electron chi connectivity index (χ0n) is 10.5. The van der Waals surface area contributed by atoms with Crippen molar-refractivity contribution in [3.8, 4) is 0 Å². The molecule has 2 heterocycles. The number of halogens is 1. The standard InChI is InChI=1S/C13H15BrN4O/c14-10-4-3-5-11(15)9(10)8-18-13(19)17-7-2-1-6-12(17)16-18/h3-5H,1-2,6-8,15H2. The first kappa shape index (κ1) is 12.5. The lowest BCUT2D eigenvalue weighted by Gasteiger charge is -2.09. The average Bonchev–Trinajstić information content (AvgIpc) is 2.72. The van der Waals surface area contributed by atoms with Crippen LogP contribution in [0.25, 0.3) is 0 Å². The fraction of sp³-hybridized carbons (Fsp3) is 0.385. The van der Waals surface area contributed by atoms with Crippen LogP contribution in [0.4, 0.5) is 5.69 Å². The molecule has 1 aliphatic heterocycles. The number of nitrogens with two attached hydrogens (primary N) is 1. The van der Waals surface area contributed by atoms with Crippen LogP contribution >= 0.6 is 15.9 Å². The highest BCUT2D eigenvalue weighted by Crippen LogP contribution is 2.23.